The fourth-order valence-corrected chi connectivity index (χ4v) is 3.39. The Hall–Kier alpha value is -1.85. The first kappa shape index (κ1) is 17.0. The van der Waals surface area contributed by atoms with Gasteiger partial charge in [0.15, 0.2) is 0 Å². The number of aryl methyl sites for hydroxylation is 1. The molecule has 1 heterocycles. The maximum absolute atomic E-state index is 12.2. The van der Waals surface area contributed by atoms with E-state index in [0.717, 1.165) is 15.6 Å². The topological polar surface area (TPSA) is 58.6 Å². The molecule has 0 fully saturated rings. The van der Waals surface area contributed by atoms with Gasteiger partial charge < -0.3 is 15.2 Å². The van der Waals surface area contributed by atoms with Crippen molar-refractivity contribution in [2.24, 2.45) is 0 Å². The first-order chi connectivity index (χ1) is 11.6. The molecule has 0 bridgehead atoms. The number of benzene rings is 2. The number of para-hydroxylation sites is 1. The Labute approximate surface area is 150 Å². The van der Waals surface area contributed by atoms with Crippen molar-refractivity contribution in [3.8, 4) is 5.75 Å². The van der Waals surface area contributed by atoms with Crippen molar-refractivity contribution >= 4 is 21.8 Å². The third-order valence-electron chi connectivity index (χ3n) is 4.32. The lowest BCUT2D eigenvalue weighted by Crippen LogP contribution is -2.43. The fourth-order valence-electron chi connectivity index (χ4n) is 2.91. The van der Waals surface area contributed by atoms with Crippen molar-refractivity contribution in [1.29, 1.82) is 0 Å². The van der Waals surface area contributed by atoms with Crippen molar-refractivity contribution < 1.29 is 14.6 Å². The lowest BCUT2D eigenvalue weighted by atomic mass is 9.88. The van der Waals surface area contributed by atoms with Crippen LogP contribution in [0.3, 0.4) is 0 Å². The van der Waals surface area contributed by atoms with E-state index in [1.165, 1.54) is 0 Å². The number of fused-ring (bicyclic) bond motifs is 1. The van der Waals surface area contributed by atoms with Gasteiger partial charge in [0.1, 0.15) is 11.4 Å². The second-order valence-electron chi connectivity index (χ2n) is 5.99. The van der Waals surface area contributed by atoms with Crippen molar-refractivity contribution in [3.05, 3.63) is 64.1 Å². The van der Waals surface area contributed by atoms with Crippen LogP contribution in [0.25, 0.3) is 0 Å². The van der Waals surface area contributed by atoms with Crippen LogP contribution in [-0.4, -0.2) is 24.2 Å². The van der Waals surface area contributed by atoms with Crippen LogP contribution in [0.1, 0.15) is 24.0 Å². The van der Waals surface area contributed by atoms with E-state index in [0.29, 0.717) is 31.6 Å². The SMILES string of the molecule is O=C(CCc1ccccc1Br)NC[C@@]1(O)CCOc2ccccc21. The predicted molar refractivity (Wildman–Crippen MR) is 95.9 cm³/mol. The molecule has 0 saturated carbocycles. The summed E-state index contributed by atoms with van der Waals surface area (Å²) in [6, 6.07) is 15.3. The van der Waals surface area contributed by atoms with Gasteiger partial charge in [-0.15, -0.1) is 0 Å². The number of amides is 1. The van der Waals surface area contributed by atoms with Crippen molar-refractivity contribution in [3.63, 3.8) is 0 Å². The molecular weight excluding hydrogens is 370 g/mol. The predicted octanol–water partition coefficient (Wildman–Crippen LogP) is 3.17. The van der Waals surface area contributed by atoms with Gasteiger partial charge in [-0.25, -0.2) is 0 Å². The highest BCUT2D eigenvalue weighted by molar-refractivity contribution is 9.10. The number of hydrogen-bond donors (Lipinski definition) is 2. The van der Waals surface area contributed by atoms with Crippen LogP contribution in [0, 0.1) is 0 Å². The highest BCUT2D eigenvalue weighted by Gasteiger charge is 2.35. The molecule has 1 amide bonds. The van der Waals surface area contributed by atoms with Gasteiger partial charge in [0, 0.05) is 22.9 Å². The van der Waals surface area contributed by atoms with Gasteiger partial charge in [0.2, 0.25) is 5.91 Å². The Morgan fingerprint density at radius 2 is 1.96 bits per heavy atom. The Kier molecular flexibility index (Phi) is 5.21. The molecule has 0 unspecified atom stereocenters. The molecule has 0 radical (unpaired) electrons. The minimum atomic E-state index is -1.07. The minimum absolute atomic E-state index is 0.0665. The van der Waals surface area contributed by atoms with Crippen LogP contribution in [0.5, 0.6) is 5.75 Å². The van der Waals surface area contributed by atoms with Gasteiger partial charge in [-0.2, -0.15) is 0 Å². The van der Waals surface area contributed by atoms with E-state index < -0.39 is 5.60 Å². The molecule has 2 aromatic rings. The summed E-state index contributed by atoms with van der Waals surface area (Å²) in [5.74, 6) is 0.622. The number of hydrogen-bond acceptors (Lipinski definition) is 3. The summed E-state index contributed by atoms with van der Waals surface area (Å²) in [6.45, 7) is 0.641. The van der Waals surface area contributed by atoms with Crippen molar-refractivity contribution in [2.75, 3.05) is 13.2 Å². The lowest BCUT2D eigenvalue weighted by molar-refractivity contribution is -0.122. The number of nitrogens with one attached hydrogen (secondary N) is 1. The van der Waals surface area contributed by atoms with E-state index in [2.05, 4.69) is 21.2 Å². The Bertz CT molecular complexity index is 734. The molecule has 0 aliphatic carbocycles. The summed E-state index contributed by atoms with van der Waals surface area (Å²) in [6.07, 6.45) is 1.51. The summed E-state index contributed by atoms with van der Waals surface area (Å²) < 4.78 is 6.58. The van der Waals surface area contributed by atoms with Gasteiger partial charge in [-0.05, 0) is 24.1 Å². The molecule has 0 spiro atoms. The van der Waals surface area contributed by atoms with Gasteiger partial charge in [-0.3, -0.25) is 4.79 Å². The molecule has 5 heteroatoms. The highest BCUT2D eigenvalue weighted by Crippen LogP contribution is 2.36. The van der Waals surface area contributed by atoms with E-state index >= 15 is 0 Å². The molecule has 0 saturated heterocycles. The fraction of sp³-hybridized carbons (Fsp3) is 0.316. The van der Waals surface area contributed by atoms with Crippen LogP contribution < -0.4 is 10.1 Å². The number of ether oxygens (including phenoxy) is 1. The molecule has 0 aromatic heterocycles. The maximum atomic E-state index is 12.2. The number of carbonyl (C=O) groups is 1. The molecule has 4 nitrogen and oxygen atoms in total. The maximum Gasteiger partial charge on any atom is 0.220 e. The highest BCUT2D eigenvalue weighted by atomic mass is 79.9. The average Bonchev–Trinajstić information content (AvgIpc) is 2.60. The van der Waals surface area contributed by atoms with E-state index in [1.807, 2.05) is 48.5 Å². The van der Waals surface area contributed by atoms with Gasteiger partial charge in [-0.1, -0.05) is 52.3 Å². The average molecular weight is 390 g/mol. The standard InChI is InChI=1S/C19H20BrNO3/c20-16-7-3-1-5-14(16)9-10-18(22)21-13-19(23)11-12-24-17-8-4-2-6-15(17)19/h1-8,23H,9-13H2,(H,21,22)/t19-/m0/s1. The van der Waals surface area contributed by atoms with Gasteiger partial charge >= 0.3 is 0 Å². The third-order valence-corrected chi connectivity index (χ3v) is 5.09. The van der Waals surface area contributed by atoms with Crippen molar-refractivity contribution in [2.45, 2.75) is 24.9 Å². The second-order valence-corrected chi connectivity index (χ2v) is 6.85. The Balaban J connectivity index is 1.58. The number of halogens is 1. The van der Waals surface area contributed by atoms with E-state index in [4.69, 9.17) is 4.74 Å². The van der Waals surface area contributed by atoms with Crippen molar-refractivity contribution in [1.82, 2.24) is 5.32 Å². The summed E-state index contributed by atoms with van der Waals surface area (Å²) >= 11 is 3.49. The molecule has 1 aliphatic heterocycles. The molecule has 3 rings (SSSR count). The Morgan fingerprint density at radius 1 is 1.21 bits per heavy atom. The third kappa shape index (κ3) is 3.79. The second kappa shape index (κ2) is 7.36. The van der Waals surface area contributed by atoms with Crippen LogP contribution in [0.2, 0.25) is 0 Å². The Morgan fingerprint density at radius 3 is 2.79 bits per heavy atom. The molecule has 24 heavy (non-hydrogen) atoms. The quantitative estimate of drug-likeness (QED) is 0.825. The number of rotatable bonds is 5. The summed E-state index contributed by atoms with van der Waals surface area (Å²) in [4.78, 5) is 12.2. The summed E-state index contributed by atoms with van der Waals surface area (Å²) in [5, 5.41) is 13.8. The van der Waals surface area contributed by atoms with E-state index in [1.54, 1.807) is 0 Å². The molecular formula is C19H20BrNO3. The normalized spacial score (nSPS) is 19.2. The van der Waals surface area contributed by atoms with Gasteiger partial charge in [0.25, 0.3) is 0 Å². The smallest absolute Gasteiger partial charge is 0.220 e. The van der Waals surface area contributed by atoms with E-state index in [-0.39, 0.29) is 12.5 Å². The van der Waals surface area contributed by atoms with E-state index in [9.17, 15) is 9.90 Å². The number of carbonyl (C=O) groups excluding carboxylic acids is 1. The first-order valence-corrected chi connectivity index (χ1v) is 8.82. The molecule has 1 atom stereocenters. The molecule has 1 aliphatic rings. The summed E-state index contributed by atoms with van der Waals surface area (Å²) in [7, 11) is 0. The lowest BCUT2D eigenvalue weighted by Gasteiger charge is -2.34. The number of aliphatic hydroxyl groups is 1. The minimum Gasteiger partial charge on any atom is -0.493 e. The molecule has 2 N–H and O–H groups in total. The molecule has 126 valence electrons. The van der Waals surface area contributed by atoms with Crippen LogP contribution in [0.4, 0.5) is 0 Å². The monoisotopic (exact) mass is 389 g/mol. The largest absolute Gasteiger partial charge is 0.493 e. The molecule has 2 aromatic carbocycles. The zero-order valence-corrected chi connectivity index (χ0v) is 14.9. The summed E-state index contributed by atoms with van der Waals surface area (Å²) in [5.41, 5.74) is 0.766. The zero-order valence-electron chi connectivity index (χ0n) is 13.3. The first-order valence-electron chi connectivity index (χ1n) is 8.03. The van der Waals surface area contributed by atoms with Gasteiger partial charge in [0.05, 0.1) is 13.2 Å². The zero-order chi connectivity index (χ0) is 17.0. The van der Waals surface area contributed by atoms with Crippen LogP contribution in [-0.2, 0) is 16.8 Å². The van der Waals surface area contributed by atoms with Crippen LogP contribution in [0.15, 0.2) is 53.0 Å². The van der Waals surface area contributed by atoms with Crippen LogP contribution >= 0.6 is 15.9 Å².